The van der Waals surface area contributed by atoms with Gasteiger partial charge in [-0.1, -0.05) is 6.92 Å². The van der Waals surface area contributed by atoms with Crippen molar-refractivity contribution < 1.29 is 10.0 Å². The molecule has 1 N–H and O–H groups in total. The van der Waals surface area contributed by atoms with Gasteiger partial charge in [-0.3, -0.25) is 10.1 Å². The van der Waals surface area contributed by atoms with Crippen LogP contribution < -0.4 is 0 Å². The second-order valence-corrected chi connectivity index (χ2v) is 4.25. The van der Waals surface area contributed by atoms with Crippen molar-refractivity contribution >= 4 is 0 Å². The summed E-state index contributed by atoms with van der Waals surface area (Å²) in [6.45, 7) is 3.62. The summed E-state index contributed by atoms with van der Waals surface area (Å²) in [6, 6.07) is -0.833. The normalized spacial score (nSPS) is 37.0. The van der Waals surface area contributed by atoms with Crippen molar-refractivity contribution in [2.75, 3.05) is 0 Å². The van der Waals surface area contributed by atoms with E-state index in [0.29, 0.717) is 18.8 Å². The molecule has 4 nitrogen and oxygen atoms in total. The Morgan fingerprint density at radius 3 is 2.38 bits per heavy atom. The van der Waals surface area contributed by atoms with Gasteiger partial charge in [-0.25, -0.2) is 0 Å². The Bertz CT molecular complexity index is 197. The maximum Gasteiger partial charge on any atom is 0.238 e. The Labute approximate surface area is 78.1 Å². The Morgan fingerprint density at radius 2 is 2.00 bits per heavy atom. The number of nitrogens with zero attached hydrogens (tertiary/aromatic N) is 1. The quantitative estimate of drug-likeness (QED) is 0.527. The minimum absolute atomic E-state index is 0.379. The average molecular weight is 187 g/mol. The standard InChI is InChI=1S/C9H17NO3/c1-7-3-5-9(11,6-4-7)8(2)10(12)13/h7-8,11H,3-6H2,1-2H3. The predicted molar refractivity (Wildman–Crippen MR) is 49.0 cm³/mol. The molecule has 1 fully saturated rings. The average Bonchev–Trinajstić information content (AvgIpc) is 2.09. The third-order valence-corrected chi connectivity index (χ3v) is 3.23. The van der Waals surface area contributed by atoms with Crippen LogP contribution in [0.4, 0.5) is 0 Å². The molecule has 1 unspecified atom stereocenters. The number of rotatable bonds is 2. The third kappa shape index (κ3) is 2.18. The molecule has 1 rings (SSSR count). The molecule has 0 bridgehead atoms. The van der Waals surface area contributed by atoms with E-state index in [0.717, 1.165) is 12.8 Å². The molecule has 0 aromatic heterocycles. The lowest BCUT2D eigenvalue weighted by Gasteiger charge is -2.34. The Morgan fingerprint density at radius 1 is 1.54 bits per heavy atom. The summed E-state index contributed by atoms with van der Waals surface area (Å²) in [4.78, 5) is 10.2. The van der Waals surface area contributed by atoms with Gasteiger partial charge < -0.3 is 5.11 Å². The van der Waals surface area contributed by atoms with Gasteiger partial charge in [0.1, 0.15) is 5.60 Å². The van der Waals surface area contributed by atoms with Crippen molar-refractivity contribution in [1.82, 2.24) is 0 Å². The van der Waals surface area contributed by atoms with Gasteiger partial charge in [0.05, 0.1) is 0 Å². The second kappa shape index (κ2) is 3.62. The van der Waals surface area contributed by atoms with Gasteiger partial charge >= 0.3 is 0 Å². The lowest BCUT2D eigenvalue weighted by molar-refractivity contribution is -0.542. The summed E-state index contributed by atoms with van der Waals surface area (Å²) in [5.74, 6) is 0.597. The summed E-state index contributed by atoms with van der Waals surface area (Å²) in [5, 5.41) is 20.5. The molecule has 0 heterocycles. The zero-order chi connectivity index (χ0) is 10.1. The zero-order valence-electron chi connectivity index (χ0n) is 8.19. The molecule has 4 heteroatoms. The van der Waals surface area contributed by atoms with Crippen LogP contribution in [0.25, 0.3) is 0 Å². The monoisotopic (exact) mass is 187 g/mol. The first kappa shape index (κ1) is 10.4. The molecule has 1 aliphatic carbocycles. The van der Waals surface area contributed by atoms with Crippen LogP contribution in [-0.4, -0.2) is 21.7 Å². The minimum Gasteiger partial charge on any atom is -0.383 e. The highest BCUT2D eigenvalue weighted by molar-refractivity contribution is 4.88. The van der Waals surface area contributed by atoms with Gasteiger partial charge in [-0.2, -0.15) is 0 Å². The summed E-state index contributed by atoms with van der Waals surface area (Å²) in [7, 11) is 0. The number of hydrogen-bond donors (Lipinski definition) is 1. The first-order valence-electron chi connectivity index (χ1n) is 4.81. The van der Waals surface area contributed by atoms with Crippen LogP contribution in [0.2, 0.25) is 0 Å². The molecule has 0 spiro atoms. The Kier molecular flexibility index (Phi) is 2.91. The minimum atomic E-state index is -1.06. The van der Waals surface area contributed by atoms with E-state index in [1.165, 1.54) is 6.92 Å². The van der Waals surface area contributed by atoms with Crippen molar-refractivity contribution in [3.05, 3.63) is 10.1 Å². The smallest absolute Gasteiger partial charge is 0.238 e. The van der Waals surface area contributed by atoms with Crippen molar-refractivity contribution in [1.29, 1.82) is 0 Å². The van der Waals surface area contributed by atoms with E-state index in [1.54, 1.807) is 0 Å². The predicted octanol–water partition coefficient (Wildman–Crippen LogP) is 1.59. The molecular weight excluding hydrogens is 170 g/mol. The fourth-order valence-electron chi connectivity index (χ4n) is 1.88. The molecule has 76 valence electrons. The molecule has 0 aromatic rings. The Hall–Kier alpha value is -0.640. The van der Waals surface area contributed by atoms with Crippen LogP contribution in [0.15, 0.2) is 0 Å². The van der Waals surface area contributed by atoms with Crippen LogP contribution in [-0.2, 0) is 0 Å². The number of aliphatic hydroxyl groups is 1. The highest BCUT2D eigenvalue weighted by Crippen LogP contribution is 2.34. The van der Waals surface area contributed by atoms with Gasteiger partial charge in [-0.15, -0.1) is 0 Å². The van der Waals surface area contributed by atoms with Crippen LogP contribution in [0.1, 0.15) is 39.5 Å². The van der Waals surface area contributed by atoms with Crippen LogP contribution in [0.3, 0.4) is 0 Å². The lowest BCUT2D eigenvalue weighted by atomic mass is 9.76. The van der Waals surface area contributed by atoms with E-state index in [2.05, 4.69) is 6.92 Å². The fourth-order valence-corrected chi connectivity index (χ4v) is 1.88. The molecule has 0 amide bonds. The maximum atomic E-state index is 10.5. The second-order valence-electron chi connectivity index (χ2n) is 4.25. The summed E-state index contributed by atoms with van der Waals surface area (Å²) in [5.41, 5.74) is -1.06. The van der Waals surface area contributed by atoms with Crippen LogP contribution >= 0.6 is 0 Å². The molecule has 0 aromatic carbocycles. The number of hydrogen-bond acceptors (Lipinski definition) is 3. The van der Waals surface area contributed by atoms with Crippen molar-refractivity contribution in [3.8, 4) is 0 Å². The highest BCUT2D eigenvalue weighted by atomic mass is 16.6. The van der Waals surface area contributed by atoms with E-state index >= 15 is 0 Å². The Balaban J connectivity index is 2.61. The molecule has 1 atom stereocenters. The molecule has 0 radical (unpaired) electrons. The van der Waals surface area contributed by atoms with Crippen LogP contribution in [0.5, 0.6) is 0 Å². The van der Waals surface area contributed by atoms with E-state index < -0.39 is 11.6 Å². The summed E-state index contributed by atoms with van der Waals surface area (Å²) >= 11 is 0. The van der Waals surface area contributed by atoms with Crippen LogP contribution in [0, 0.1) is 16.0 Å². The topological polar surface area (TPSA) is 63.4 Å². The number of nitro groups is 1. The molecule has 1 aliphatic rings. The molecule has 13 heavy (non-hydrogen) atoms. The molecule has 0 aliphatic heterocycles. The largest absolute Gasteiger partial charge is 0.383 e. The maximum absolute atomic E-state index is 10.5. The van der Waals surface area contributed by atoms with Gasteiger partial charge in [0, 0.05) is 11.8 Å². The summed E-state index contributed by atoms with van der Waals surface area (Å²) in [6.07, 6.45) is 2.93. The van der Waals surface area contributed by atoms with E-state index in [9.17, 15) is 15.2 Å². The first-order valence-corrected chi connectivity index (χ1v) is 4.81. The van der Waals surface area contributed by atoms with E-state index in [4.69, 9.17) is 0 Å². The first-order chi connectivity index (χ1) is 5.96. The summed E-state index contributed by atoms with van der Waals surface area (Å²) < 4.78 is 0. The zero-order valence-corrected chi connectivity index (χ0v) is 8.19. The fraction of sp³-hybridized carbons (Fsp3) is 1.00. The van der Waals surface area contributed by atoms with Gasteiger partial charge in [0.25, 0.3) is 0 Å². The van der Waals surface area contributed by atoms with Gasteiger partial charge in [-0.05, 0) is 31.6 Å². The third-order valence-electron chi connectivity index (χ3n) is 3.23. The molecular formula is C9H17NO3. The van der Waals surface area contributed by atoms with E-state index in [-0.39, 0.29) is 4.92 Å². The van der Waals surface area contributed by atoms with Crippen molar-refractivity contribution in [2.24, 2.45) is 5.92 Å². The van der Waals surface area contributed by atoms with E-state index in [1.807, 2.05) is 0 Å². The molecule has 1 saturated carbocycles. The van der Waals surface area contributed by atoms with Crippen molar-refractivity contribution in [2.45, 2.75) is 51.2 Å². The SMILES string of the molecule is CC1CCC(O)(C(C)[N+](=O)[O-])CC1. The molecule has 0 saturated heterocycles. The highest BCUT2D eigenvalue weighted by Gasteiger charge is 2.43. The van der Waals surface area contributed by atoms with Crippen molar-refractivity contribution in [3.63, 3.8) is 0 Å². The lowest BCUT2D eigenvalue weighted by Crippen LogP contribution is -2.47. The van der Waals surface area contributed by atoms with Gasteiger partial charge in [0.2, 0.25) is 6.04 Å². The van der Waals surface area contributed by atoms with Gasteiger partial charge in [0.15, 0.2) is 0 Å².